The van der Waals surface area contributed by atoms with Crippen LogP contribution in [0.1, 0.15) is 32.3 Å². The van der Waals surface area contributed by atoms with E-state index in [0.29, 0.717) is 5.56 Å². The van der Waals surface area contributed by atoms with Crippen LogP contribution in [0.4, 0.5) is 5.69 Å². The summed E-state index contributed by atoms with van der Waals surface area (Å²) in [6, 6.07) is 8.92. The van der Waals surface area contributed by atoms with Crippen molar-refractivity contribution < 1.29 is 4.79 Å². The Morgan fingerprint density at radius 1 is 1.44 bits per heavy atom. The number of nitrogens with one attached hydrogen (secondary N) is 1. The van der Waals surface area contributed by atoms with Crippen LogP contribution in [-0.4, -0.2) is 5.91 Å². The van der Waals surface area contributed by atoms with Gasteiger partial charge < -0.3 is 5.32 Å². The maximum absolute atomic E-state index is 11.7. The summed E-state index contributed by atoms with van der Waals surface area (Å²) in [6.07, 6.45) is 1.89. The predicted octanol–water partition coefficient (Wildman–Crippen LogP) is 2.93. The van der Waals surface area contributed by atoms with Crippen LogP contribution in [0.25, 0.3) is 0 Å². The molecule has 0 spiro atoms. The van der Waals surface area contributed by atoms with E-state index in [4.69, 9.17) is 5.26 Å². The van der Waals surface area contributed by atoms with Gasteiger partial charge in [0, 0.05) is 11.6 Å². The van der Waals surface area contributed by atoms with Crippen LogP contribution in [0.15, 0.2) is 24.3 Å². The third-order valence-electron chi connectivity index (χ3n) is 2.45. The average molecular weight is 216 g/mol. The van der Waals surface area contributed by atoms with Gasteiger partial charge >= 0.3 is 0 Å². The standard InChI is InChI=1S/C13H16N2O/c1-3-4-10(2)13(16)15-12-7-5-11(9-14)6-8-12/h5-8,10H,3-4H2,1-2H3,(H,15,16). The largest absolute Gasteiger partial charge is 0.326 e. The van der Waals surface area contributed by atoms with E-state index >= 15 is 0 Å². The lowest BCUT2D eigenvalue weighted by Gasteiger charge is -2.10. The Bertz CT molecular complexity index is 389. The monoisotopic (exact) mass is 216 g/mol. The number of hydrogen-bond donors (Lipinski definition) is 1. The fourth-order valence-corrected chi connectivity index (χ4v) is 1.46. The lowest BCUT2D eigenvalue weighted by atomic mass is 10.1. The number of rotatable bonds is 4. The van der Waals surface area contributed by atoms with Crippen molar-refractivity contribution in [2.45, 2.75) is 26.7 Å². The van der Waals surface area contributed by atoms with Crippen LogP contribution in [0, 0.1) is 17.2 Å². The minimum atomic E-state index is 0.0284. The van der Waals surface area contributed by atoms with Crippen LogP contribution in [0.2, 0.25) is 0 Å². The topological polar surface area (TPSA) is 52.9 Å². The Hall–Kier alpha value is -1.82. The number of benzene rings is 1. The molecule has 1 aromatic rings. The molecular formula is C13H16N2O. The van der Waals surface area contributed by atoms with Crippen LogP contribution < -0.4 is 5.32 Å². The molecule has 0 heterocycles. The summed E-state index contributed by atoms with van der Waals surface area (Å²) in [4.78, 5) is 11.7. The van der Waals surface area contributed by atoms with Gasteiger partial charge in [0.15, 0.2) is 0 Å². The van der Waals surface area contributed by atoms with Crippen LogP contribution in [-0.2, 0) is 4.79 Å². The number of carbonyl (C=O) groups excluding carboxylic acids is 1. The molecule has 0 bridgehead atoms. The molecule has 0 aliphatic carbocycles. The molecule has 0 fully saturated rings. The van der Waals surface area contributed by atoms with E-state index in [0.717, 1.165) is 18.5 Å². The van der Waals surface area contributed by atoms with Crippen LogP contribution in [0.3, 0.4) is 0 Å². The molecular weight excluding hydrogens is 200 g/mol. The number of amides is 1. The molecule has 84 valence electrons. The van der Waals surface area contributed by atoms with E-state index in [1.165, 1.54) is 0 Å². The summed E-state index contributed by atoms with van der Waals surface area (Å²) in [7, 11) is 0. The SMILES string of the molecule is CCCC(C)C(=O)Nc1ccc(C#N)cc1. The fraction of sp³-hybridized carbons (Fsp3) is 0.385. The Labute approximate surface area is 96.1 Å². The minimum absolute atomic E-state index is 0.0284. The third kappa shape index (κ3) is 3.39. The highest BCUT2D eigenvalue weighted by atomic mass is 16.1. The van der Waals surface area contributed by atoms with E-state index < -0.39 is 0 Å². The molecule has 3 heteroatoms. The van der Waals surface area contributed by atoms with Crippen LogP contribution in [0.5, 0.6) is 0 Å². The van der Waals surface area contributed by atoms with Crippen LogP contribution >= 0.6 is 0 Å². The Morgan fingerprint density at radius 2 is 2.06 bits per heavy atom. The molecule has 0 saturated heterocycles. The summed E-state index contributed by atoms with van der Waals surface area (Å²) in [5.41, 5.74) is 1.34. The number of anilines is 1. The van der Waals surface area contributed by atoms with E-state index in [1.54, 1.807) is 24.3 Å². The van der Waals surface area contributed by atoms with E-state index in [1.807, 2.05) is 13.0 Å². The van der Waals surface area contributed by atoms with Gasteiger partial charge in [-0.2, -0.15) is 5.26 Å². The summed E-state index contributed by atoms with van der Waals surface area (Å²) < 4.78 is 0. The molecule has 1 unspecified atom stereocenters. The number of carbonyl (C=O) groups is 1. The molecule has 1 rings (SSSR count). The molecule has 0 aliphatic heterocycles. The van der Waals surface area contributed by atoms with Gasteiger partial charge in [-0.25, -0.2) is 0 Å². The highest BCUT2D eigenvalue weighted by molar-refractivity contribution is 5.92. The van der Waals surface area contributed by atoms with Crippen molar-refractivity contribution in [3.05, 3.63) is 29.8 Å². The smallest absolute Gasteiger partial charge is 0.227 e. The van der Waals surface area contributed by atoms with E-state index in [9.17, 15) is 4.79 Å². The quantitative estimate of drug-likeness (QED) is 0.841. The predicted molar refractivity (Wildman–Crippen MR) is 63.9 cm³/mol. The minimum Gasteiger partial charge on any atom is -0.326 e. The van der Waals surface area contributed by atoms with Crippen molar-refractivity contribution in [1.82, 2.24) is 0 Å². The van der Waals surface area contributed by atoms with Gasteiger partial charge in [0.05, 0.1) is 11.6 Å². The van der Waals surface area contributed by atoms with Crippen molar-refractivity contribution in [2.75, 3.05) is 5.32 Å². The molecule has 0 aromatic heterocycles. The fourth-order valence-electron chi connectivity index (χ4n) is 1.46. The van der Waals surface area contributed by atoms with Gasteiger partial charge in [-0.15, -0.1) is 0 Å². The van der Waals surface area contributed by atoms with Gasteiger partial charge in [-0.1, -0.05) is 20.3 Å². The molecule has 0 radical (unpaired) electrons. The first kappa shape index (κ1) is 12.3. The Balaban J connectivity index is 2.60. The normalized spacial score (nSPS) is 11.6. The zero-order valence-electron chi connectivity index (χ0n) is 9.66. The van der Waals surface area contributed by atoms with Crippen molar-refractivity contribution >= 4 is 11.6 Å². The zero-order chi connectivity index (χ0) is 12.0. The number of nitrogens with zero attached hydrogens (tertiary/aromatic N) is 1. The summed E-state index contributed by atoms with van der Waals surface area (Å²) in [5, 5.41) is 11.5. The van der Waals surface area contributed by atoms with Gasteiger partial charge in [-0.05, 0) is 30.7 Å². The first-order valence-corrected chi connectivity index (χ1v) is 5.48. The van der Waals surface area contributed by atoms with E-state index in [2.05, 4.69) is 12.2 Å². The van der Waals surface area contributed by atoms with Gasteiger partial charge in [0.25, 0.3) is 0 Å². The summed E-state index contributed by atoms with van der Waals surface area (Å²) in [5.74, 6) is 0.0622. The summed E-state index contributed by atoms with van der Waals surface area (Å²) in [6.45, 7) is 3.98. The maximum atomic E-state index is 11.7. The Morgan fingerprint density at radius 3 is 2.56 bits per heavy atom. The highest BCUT2D eigenvalue weighted by Gasteiger charge is 2.11. The van der Waals surface area contributed by atoms with Crippen molar-refractivity contribution in [3.63, 3.8) is 0 Å². The summed E-state index contributed by atoms with van der Waals surface area (Å²) >= 11 is 0. The van der Waals surface area contributed by atoms with Crippen molar-refractivity contribution in [2.24, 2.45) is 5.92 Å². The first-order chi connectivity index (χ1) is 7.67. The second kappa shape index (κ2) is 5.92. The lowest BCUT2D eigenvalue weighted by Crippen LogP contribution is -2.20. The molecule has 0 aliphatic rings. The van der Waals surface area contributed by atoms with Gasteiger partial charge in [0.1, 0.15) is 0 Å². The lowest BCUT2D eigenvalue weighted by molar-refractivity contribution is -0.119. The second-order valence-corrected chi connectivity index (χ2v) is 3.87. The molecule has 1 amide bonds. The molecule has 1 atom stereocenters. The first-order valence-electron chi connectivity index (χ1n) is 5.48. The van der Waals surface area contributed by atoms with Crippen molar-refractivity contribution in [3.8, 4) is 6.07 Å². The van der Waals surface area contributed by atoms with E-state index in [-0.39, 0.29) is 11.8 Å². The number of hydrogen-bond acceptors (Lipinski definition) is 2. The maximum Gasteiger partial charge on any atom is 0.227 e. The third-order valence-corrected chi connectivity index (χ3v) is 2.45. The molecule has 16 heavy (non-hydrogen) atoms. The Kier molecular flexibility index (Phi) is 4.53. The average Bonchev–Trinajstić information content (AvgIpc) is 2.30. The van der Waals surface area contributed by atoms with Gasteiger partial charge in [0.2, 0.25) is 5.91 Å². The second-order valence-electron chi connectivity index (χ2n) is 3.87. The van der Waals surface area contributed by atoms with Gasteiger partial charge in [-0.3, -0.25) is 4.79 Å². The molecule has 3 nitrogen and oxygen atoms in total. The highest BCUT2D eigenvalue weighted by Crippen LogP contribution is 2.12. The molecule has 1 N–H and O–H groups in total. The molecule has 0 saturated carbocycles. The van der Waals surface area contributed by atoms with Crippen molar-refractivity contribution in [1.29, 1.82) is 5.26 Å². The number of nitriles is 1. The molecule has 1 aromatic carbocycles. The zero-order valence-corrected chi connectivity index (χ0v) is 9.66.